The van der Waals surface area contributed by atoms with Crippen LogP contribution in [0.1, 0.15) is 44.4 Å². The van der Waals surface area contributed by atoms with Crippen molar-refractivity contribution in [1.82, 2.24) is 14.4 Å². The number of alkyl halides is 3. The van der Waals surface area contributed by atoms with Crippen LogP contribution in [0.5, 0.6) is 11.6 Å². The Hall–Kier alpha value is -5.10. The standard InChI is InChI=1S/C24H24F3N3O3S.C18H20F2N2O2S/c1-23(2,30-14-13-17-5-3-4-6-21(17)30)16-29-34(31,32)20-10-8-19(9-11-20)33-22-12-7-18(15-28-22)24(25,26)27;1-18(2,22-10-9-13-5-3-4-6-17(13)22)12-21-25(23,24)14-7-8-15(19)16(20)11-14/h3-12,15,29H,13-14,16H2,1-2H3;3-8,11,21H,9-10,12H2,1-2H3. The quantitative estimate of drug-likeness (QED) is 0.121. The Balaban J connectivity index is 0.000000208. The van der Waals surface area contributed by atoms with E-state index in [1.54, 1.807) is 0 Å². The molecule has 17 heteroatoms. The molecule has 2 N–H and O–H groups in total. The topological polar surface area (TPSA) is 121 Å². The minimum Gasteiger partial charge on any atom is -0.439 e. The second kappa shape index (κ2) is 16.9. The van der Waals surface area contributed by atoms with E-state index in [-0.39, 0.29) is 34.5 Å². The summed E-state index contributed by atoms with van der Waals surface area (Å²) in [6.45, 7) is 9.85. The molecule has 0 unspecified atom stereocenters. The largest absolute Gasteiger partial charge is 0.439 e. The number of hydrogen-bond acceptors (Lipinski definition) is 8. The van der Waals surface area contributed by atoms with Crippen molar-refractivity contribution in [2.75, 3.05) is 36.0 Å². The first-order chi connectivity index (χ1) is 27.7. The lowest BCUT2D eigenvalue weighted by atomic mass is 10.0. The summed E-state index contributed by atoms with van der Waals surface area (Å²) in [5.41, 5.74) is 2.89. The van der Waals surface area contributed by atoms with Gasteiger partial charge in [0.25, 0.3) is 0 Å². The minimum absolute atomic E-state index is 0.0330. The summed E-state index contributed by atoms with van der Waals surface area (Å²) >= 11 is 0. The molecule has 0 bridgehead atoms. The van der Waals surface area contributed by atoms with E-state index in [0.29, 0.717) is 12.3 Å². The van der Waals surface area contributed by atoms with Crippen LogP contribution >= 0.6 is 0 Å². The van der Waals surface area contributed by atoms with Crippen LogP contribution in [0.25, 0.3) is 0 Å². The molecule has 0 saturated carbocycles. The Kier molecular flexibility index (Phi) is 12.4. The number of ether oxygens (including phenoxy) is 1. The zero-order chi connectivity index (χ0) is 42.8. The van der Waals surface area contributed by atoms with E-state index in [9.17, 15) is 38.8 Å². The average molecular weight is 858 g/mol. The number of rotatable bonds is 12. The Morgan fingerprint density at radius 3 is 1.61 bits per heavy atom. The molecule has 10 nitrogen and oxygen atoms in total. The molecule has 2 aliphatic heterocycles. The zero-order valence-electron chi connectivity index (χ0n) is 32.7. The van der Waals surface area contributed by atoms with Crippen molar-refractivity contribution in [2.24, 2.45) is 0 Å². The van der Waals surface area contributed by atoms with E-state index >= 15 is 0 Å². The molecule has 59 heavy (non-hydrogen) atoms. The predicted octanol–water partition coefficient (Wildman–Crippen LogP) is 8.10. The van der Waals surface area contributed by atoms with E-state index in [1.807, 2.05) is 64.1 Å². The summed E-state index contributed by atoms with van der Waals surface area (Å²) < 4.78 is 125. The van der Waals surface area contributed by atoms with Crippen molar-refractivity contribution in [3.8, 4) is 11.6 Å². The molecule has 7 rings (SSSR count). The number of halogens is 5. The zero-order valence-corrected chi connectivity index (χ0v) is 34.4. The van der Waals surface area contributed by atoms with Gasteiger partial charge < -0.3 is 14.5 Å². The van der Waals surface area contributed by atoms with Gasteiger partial charge in [0.15, 0.2) is 11.6 Å². The number of aromatic nitrogens is 1. The number of pyridine rings is 1. The van der Waals surface area contributed by atoms with Crippen LogP contribution < -0.4 is 24.0 Å². The van der Waals surface area contributed by atoms with Crippen molar-refractivity contribution in [3.05, 3.63) is 138 Å². The van der Waals surface area contributed by atoms with E-state index in [2.05, 4.69) is 36.4 Å². The SMILES string of the molecule is CC(C)(CNS(=O)(=O)c1ccc(F)c(F)c1)N1CCc2ccccc21.CC(C)(CNS(=O)(=O)c1ccc(Oc2ccc(C(F)(F)F)cn2)cc1)N1CCc2ccccc21. The first kappa shape index (κ1) is 43.5. The second-order valence-corrected chi connectivity index (χ2v) is 18.9. The highest BCUT2D eigenvalue weighted by Crippen LogP contribution is 2.35. The number of fused-ring (bicyclic) bond motifs is 2. The number of sulfonamides is 2. The van der Waals surface area contributed by atoms with Gasteiger partial charge in [0.1, 0.15) is 5.75 Å². The van der Waals surface area contributed by atoms with Crippen molar-refractivity contribution in [1.29, 1.82) is 0 Å². The van der Waals surface area contributed by atoms with Gasteiger partial charge in [-0.3, -0.25) is 0 Å². The van der Waals surface area contributed by atoms with E-state index in [0.717, 1.165) is 61.6 Å². The Morgan fingerprint density at radius 1 is 0.644 bits per heavy atom. The fraction of sp³-hybridized carbons (Fsp3) is 0.310. The number of anilines is 2. The lowest BCUT2D eigenvalue weighted by Crippen LogP contribution is -2.51. The maximum Gasteiger partial charge on any atom is 0.417 e. The van der Waals surface area contributed by atoms with Gasteiger partial charge in [-0.2, -0.15) is 13.2 Å². The normalized spacial score (nSPS) is 14.4. The summed E-state index contributed by atoms with van der Waals surface area (Å²) in [4.78, 5) is 7.78. The van der Waals surface area contributed by atoms with Crippen molar-refractivity contribution in [2.45, 2.75) is 67.6 Å². The van der Waals surface area contributed by atoms with Crippen LogP contribution in [-0.4, -0.2) is 59.1 Å². The highest BCUT2D eigenvalue weighted by molar-refractivity contribution is 7.89. The molecule has 0 saturated heterocycles. The van der Waals surface area contributed by atoms with Gasteiger partial charge in [-0.25, -0.2) is 40.0 Å². The van der Waals surface area contributed by atoms with Crippen LogP contribution in [0.3, 0.4) is 0 Å². The molecule has 2 aliphatic rings. The number of hydrogen-bond donors (Lipinski definition) is 2. The van der Waals surface area contributed by atoms with Gasteiger partial charge in [0.05, 0.1) is 15.4 Å². The molecule has 0 fully saturated rings. The first-order valence-corrected chi connectivity index (χ1v) is 21.6. The molecule has 314 valence electrons. The highest BCUT2D eigenvalue weighted by atomic mass is 32.2. The lowest BCUT2D eigenvalue weighted by Gasteiger charge is -2.38. The lowest BCUT2D eigenvalue weighted by molar-refractivity contribution is -0.137. The molecular formula is C42H44F5N5O5S2. The fourth-order valence-corrected chi connectivity index (χ4v) is 9.31. The molecule has 4 aromatic carbocycles. The van der Waals surface area contributed by atoms with Gasteiger partial charge in [-0.05, 0) is 112 Å². The molecule has 0 radical (unpaired) electrons. The molecule has 0 spiro atoms. The molecule has 0 aliphatic carbocycles. The molecule has 3 heterocycles. The number of nitrogens with one attached hydrogen (secondary N) is 2. The molecule has 1 aromatic heterocycles. The van der Waals surface area contributed by atoms with Crippen molar-refractivity contribution < 1.29 is 43.5 Å². The third-order valence-corrected chi connectivity index (χ3v) is 13.1. The van der Waals surface area contributed by atoms with Crippen LogP contribution in [0, 0.1) is 11.6 Å². The monoisotopic (exact) mass is 857 g/mol. The highest BCUT2D eigenvalue weighted by Gasteiger charge is 2.35. The average Bonchev–Trinajstić information content (AvgIpc) is 3.84. The van der Waals surface area contributed by atoms with E-state index in [4.69, 9.17) is 4.74 Å². The first-order valence-electron chi connectivity index (χ1n) is 18.6. The maximum atomic E-state index is 13.3. The molecule has 5 aromatic rings. The second-order valence-electron chi connectivity index (χ2n) is 15.4. The maximum absolute atomic E-state index is 13.3. The molecule has 0 atom stereocenters. The van der Waals surface area contributed by atoms with Gasteiger partial charge in [-0.15, -0.1) is 0 Å². The van der Waals surface area contributed by atoms with Crippen LogP contribution in [0.4, 0.5) is 33.3 Å². The summed E-state index contributed by atoms with van der Waals surface area (Å²) in [7, 11) is -7.71. The van der Waals surface area contributed by atoms with Gasteiger partial charge in [-0.1, -0.05) is 36.4 Å². The Morgan fingerprint density at radius 2 is 1.14 bits per heavy atom. The van der Waals surface area contributed by atoms with E-state index in [1.165, 1.54) is 35.4 Å². The predicted molar refractivity (Wildman–Crippen MR) is 216 cm³/mol. The van der Waals surface area contributed by atoms with E-state index < -0.39 is 54.5 Å². The minimum atomic E-state index is -4.48. The van der Waals surface area contributed by atoms with Crippen LogP contribution in [0.15, 0.2) is 119 Å². The van der Waals surface area contributed by atoms with Gasteiger partial charge in [0, 0.05) is 60.9 Å². The van der Waals surface area contributed by atoms with Crippen LogP contribution in [0.2, 0.25) is 0 Å². The van der Waals surface area contributed by atoms with Gasteiger partial charge >= 0.3 is 6.18 Å². The Labute approximate surface area is 341 Å². The summed E-state index contributed by atoms with van der Waals surface area (Å²) in [5.74, 6) is -2.04. The van der Waals surface area contributed by atoms with Crippen LogP contribution in [-0.2, 0) is 39.1 Å². The van der Waals surface area contributed by atoms with Crippen molar-refractivity contribution in [3.63, 3.8) is 0 Å². The molecular weight excluding hydrogens is 814 g/mol. The third-order valence-electron chi connectivity index (χ3n) is 10.2. The van der Waals surface area contributed by atoms with Gasteiger partial charge in [0.2, 0.25) is 25.9 Å². The number of benzene rings is 4. The molecule has 0 amide bonds. The summed E-state index contributed by atoms with van der Waals surface area (Å²) in [5, 5.41) is 0. The summed E-state index contributed by atoms with van der Waals surface area (Å²) in [6.07, 6.45) is -1.98. The third kappa shape index (κ3) is 10.2. The number of para-hydroxylation sites is 2. The Bertz CT molecular complexity index is 2500. The fourth-order valence-electron chi connectivity index (χ4n) is 6.89. The smallest absolute Gasteiger partial charge is 0.417 e. The number of nitrogens with zero attached hydrogens (tertiary/aromatic N) is 3. The summed E-state index contributed by atoms with van der Waals surface area (Å²) in [6, 6.07) is 26.3. The van der Waals surface area contributed by atoms with Crippen molar-refractivity contribution >= 4 is 31.4 Å².